The molecule has 19 heavy (non-hydrogen) atoms. The second-order valence-electron chi connectivity index (χ2n) is 4.66. The SMILES string of the molecule is O=C(COC1CCNCC1)NCc1ccc(Br)cc1. The first kappa shape index (κ1) is 14.5. The fraction of sp³-hybridized carbons (Fsp3) is 0.500. The summed E-state index contributed by atoms with van der Waals surface area (Å²) in [5.74, 6) is -0.0542. The zero-order valence-corrected chi connectivity index (χ0v) is 12.4. The fourth-order valence-electron chi connectivity index (χ4n) is 2.01. The predicted octanol–water partition coefficient (Wildman–Crippen LogP) is 1.83. The first-order valence-electron chi connectivity index (χ1n) is 6.57. The van der Waals surface area contributed by atoms with Gasteiger partial charge in [-0.05, 0) is 43.6 Å². The minimum atomic E-state index is -0.0542. The molecule has 1 aromatic rings. The molecule has 0 atom stereocenters. The molecule has 104 valence electrons. The van der Waals surface area contributed by atoms with Crippen LogP contribution in [0, 0.1) is 0 Å². The molecule has 1 aromatic carbocycles. The third-order valence-electron chi connectivity index (χ3n) is 3.14. The Morgan fingerprint density at radius 1 is 1.32 bits per heavy atom. The number of ether oxygens (including phenoxy) is 1. The molecule has 0 saturated carbocycles. The Hall–Kier alpha value is -0.910. The maximum Gasteiger partial charge on any atom is 0.246 e. The molecule has 1 aliphatic heterocycles. The van der Waals surface area contributed by atoms with Crippen LogP contribution in [-0.2, 0) is 16.1 Å². The molecule has 0 aliphatic carbocycles. The molecule has 1 saturated heterocycles. The van der Waals surface area contributed by atoms with E-state index in [1.54, 1.807) is 0 Å². The lowest BCUT2D eigenvalue weighted by Crippen LogP contribution is -2.35. The van der Waals surface area contributed by atoms with Crippen molar-refractivity contribution in [3.8, 4) is 0 Å². The normalized spacial score (nSPS) is 16.3. The summed E-state index contributed by atoms with van der Waals surface area (Å²) in [5, 5.41) is 6.13. The summed E-state index contributed by atoms with van der Waals surface area (Å²) in [7, 11) is 0. The first-order chi connectivity index (χ1) is 9.24. The van der Waals surface area contributed by atoms with Crippen LogP contribution >= 0.6 is 15.9 Å². The number of amides is 1. The highest BCUT2D eigenvalue weighted by molar-refractivity contribution is 9.10. The maximum atomic E-state index is 11.7. The van der Waals surface area contributed by atoms with Crippen LogP contribution in [0.1, 0.15) is 18.4 Å². The van der Waals surface area contributed by atoms with Gasteiger partial charge < -0.3 is 15.4 Å². The van der Waals surface area contributed by atoms with E-state index in [4.69, 9.17) is 4.74 Å². The lowest BCUT2D eigenvalue weighted by Gasteiger charge is -2.22. The first-order valence-corrected chi connectivity index (χ1v) is 7.37. The van der Waals surface area contributed by atoms with Gasteiger partial charge in [0, 0.05) is 11.0 Å². The van der Waals surface area contributed by atoms with Gasteiger partial charge in [-0.1, -0.05) is 28.1 Å². The third-order valence-corrected chi connectivity index (χ3v) is 3.67. The molecule has 2 N–H and O–H groups in total. The molecule has 1 aliphatic rings. The fourth-order valence-corrected chi connectivity index (χ4v) is 2.27. The Balaban J connectivity index is 1.65. The van der Waals surface area contributed by atoms with Crippen molar-refractivity contribution < 1.29 is 9.53 Å². The number of benzene rings is 1. The van der Waals surface area contributed by atoms with Crippen molar-refractivity contribution >= 4 is 21.8 Å². The zero-order valence-electron chi connectivity index (χ0n) is 10.8. The number of hydrogen-bond acceptors (Lipinski definition) is 3. The Morgan fingerprint density at radius 2 is 2.00 bits per heavy atom. The van der Waals surface area contributed by atoms with Crippen molar-refractivity contribution in [2.75, 3.05) is 19.7 Å². The van der Waals surface area contributed by atoms with Crippen LogP contribution in [0.4, 0.5) is 0 Å². The minimum Gasteiger partial charge on any atom is -0.368 e. The van der Waals surface area contributed by atoms with Gasteiger partial charge in [0.1, 0.15) is 6.61 Å². The monoisotopic (exact) mass is 326 g/mol. The van der Waals surface area contributed by atoms with Crippen molar-refractivity contribution in [1.82, 2.24) is 10.6 Å². The molecule has 0 aromatic heterocycles. The van der Waals surface area contributed by atoms with Crippen LogP contribution in [0.2, 0.25) is 0 Å². The van der Waals surface area contributed by atoms with Gasteiger partial charge in [-0.2, -0.15) is 0 Å². The zero-order chi connectivity index (χ0) is 13.5. The number of carbonyl (C=O) groups excluding carboxylic acids is 1. The second-order valence-corrected chi connectivity index (χ2v) is 5.58. The number of rotatable bonds is 5. The van der Waals surface area contributed by atoms with E-state index in [-0.39, 0.29) is 18.6 Å². The van der Waals surface area contributed by atoms with Crippen molar-refractivity contribution in [3.05, 3.63) is 34.3 Å². The van der Waals surface area contributed by atoms with Gasteiger partial charge in [-0.25, -0.2) is 0 Å². The van der Waals surface area contributed by atoms with Crippen molar-refractivity contribution in [1.29, 1.82) is 0 Å². The summed E-state index contributed by atoms with van der Waals surface area (Å²) < 4.78 is 6.63. The third kappa shape index (κ3) is 5.30. The average molecular weight is 327 g/mol. The Labute approximate surface area is 122 Å². The summed E-state index contributed by atoms with van der Waals surface area (Å²) in [6, 6.07) is 7.90. The van der Waals surface area contributed by atoms with Crippen LogP contribution in [0.25, 0.3) is 0 Å². The summed E-state index contributed by atoms with van der Waals surface area (Å²) in [6.07, 6.45) is 2.19. The van der Waals surface area contributed by atoms with Crippen LogP contribution in [-0.4, -0.2) is 31.7 Å². The van der Waals surface area contributed by atoms with Gasteiger partial charge >= 0.3 is 0 Å². The molecule has 5 heteroatoms. The maximum absolute atomic E-state index is 11.7. The lowest BCUT2D eigenvalue weighted by molar-refractivity contribution is -0.128. The number of carbonyl (C=O) groups is 1. The largest absolute Gasteiger partial charge is 0.368 e. The van der Waals surface area contributed by atoms with Gasteiger partial charge in [0.2, 0.25) is 5.91 Å². The van der Waals surface area contributed by atoms with Crippen LogP contribution in [0.15, 0.2) is 28.7 Å². The van der Waals surface area contributed by atoms with E-state index >= 15 is 0 Å². The Kier molecular flexibility index (Phi) is 5.82. The van der Waals surface area contributed by atoms with E-state index < -0.39 is 0 Å². The molecule has 1 fully saturated rings. The van der Waals surface area contributed by atoms with Crippen molar-refractivity contribution in [2.24, 2.45) is 0 Å². The molecule has 0 radical (unpaired) electrons. The highest BCUT2D eigenvalue weighted by Crippen LogP contribution is 2.10. The highest BCUT2D eigenvalue weighted by atomic mass is 79.9. The van der Waals surface area contributed by atoms with Crippen LogP contribution in [0.5, 0.6) is 0 Å². The van der Waals surface area contributed by atoms with Gasteiger partial charge in [-0.15, -0.1) is 0 Å². The Bertz CT molecular complexity index is 402. The van der Waals surface area contributed by atoms with E-state index in [1.165, 1.54) is 0 Å². The number of halogens is 1. The highest BCUT2D eigenvalue weighted by Gasteiger charge is 2.14. The van der Waals surface area contributed by atoms with Crippen molar-refractivity contribution in [2.45, 2.75) is 25.5 Å². The lowest BCUT2D eigenvalue weighted by atomic mass is 10.1. The second kappa shape index (κ2) is 7.62. The van der Waals surface area contributed by atoms with E-state index in [2.05, 4.69) is 26.6 Å². The molecular weight excluding hydrogens is 308 g/mol. The Morgan fingerprint density at radius 3 is 2.68 bits per heavy atom. The molecule has 2 rings (SSSR count). The molecule has 0 bridgehead atoms. The van der Waals surface area contributed by atoms with E-state index in [0.717, 1.165) is 36.0 Å². The molecule has 0 spiro atoms. The smallest absolute Gasteiger partial charge is 0.246 e. The topological polar surface area (TPSA) is 50.4 Å². The van der Waals surface area contributed by atoms with Crippen LogP contribution < -0.4 is 10.6 Å². The van der Waals surface area contributed by atoms with E-state index in [1.807, 2.05) is 24.3 Å². The summed E-state index contributed by atoms with van der Waals surface area (Å²) in [5.41, 5.74) is 1.08. The van der Waals surface area contributed by atoms with Gasteiger partial charge in [0.05, 0.1) is 6.10 Å². The van der Waals surface area contributed by atoms with E-state index in [0.29, 0.717) is 6.54 Å². The summed E-state index contributed by atoms with van der Waals surface area (Å²) in [4.78, 5) is 11.7. The molecular formula is C14H19BrN2O2. The molecule has 1 amide bonds. The van der Waals surface area contributed by atoms with E-state index in [9.17, 15) is 4.79 Å². The van der Waals surface area contributed by atoms with Gasteiger partial charge in [0.25, 0.3) is 0 Å². The minimum absolute atomic E-state index is 0.0542. The van der Waals surface area contributed by atoms with Gasteiger partial charge in [-0.3, -0.25) is 4.79 Å². The quantitative estimate of drug-likeness (QED) is 0.868. The summed E-state index contributed by atoms with van der Waals surface area (Å²) >= 11 is 3.38. The predicted molar refractivity (Wildman–Crippen MR) is 77.8 cm³/mol. The molecule has 0 unspecified atom stereocenters. The number of piperidine rings is 1. The molecule has 1 heterocycles. The summed E-state index contributed by atoms with van der Waals surface area (Å²) in [6.45, 7) is 2.65. The van der Waals surface area contributed by atoms with Crippen LogP contribution in [0.3, 0.4) is 0 Å². The molecule has 4 nitrogen and oxygen atoms in total. The van der Waals surface area contributed by atoms with Crippen molar-refractivity contribution in [3.63, 3.8) is 0 Å². The average Bonchev–Trinajstić information content (AvgIpc) is 2.45. The standard InChI is InChI=1S/C14H19BrN2O2/c15-12-3-1-11(2-4-12)9-17-14(18)10-19-13-5-7-16-8-6-13/h1-4,13,16H,5-10H2,(H,17,18). The number of nitrogens with one attached hydrogen (secondary N) is 2. The van der Waals surface area contributed by atoms with Gasteiger partial charge in [0.15, 0.2) is 0 Å². The number of hydrogen-bond donors (Lipinski definition) is 2.